The summed E-state index contributed by atoms with van der Waals surface area (Å²) in [5.41, 5.74) is 5.04. The second-order valence-corrected chi connectivity index (χ2v) is 4.27. The second kappa shape index (κ2) is 4.05. The van der Waals surface area contributed by atoms with Gasteiger partial charge in [-0.25, -0.2) is 0 Å². The van der Waals surface area contributed by atoms with Gasteiger partial charge in [-0.05, 0) is 52.0 Å². The third-order valence-corrected chi connectivity index (χ3v) is 3.02. The van der Waals surface area contributed by atoms with Gasteiger partial charge in [-0.3, -0.25) is 0 Å². The van der Waals surface area contributed by atoms with E-state index < -0.39 is 0 Å². The van der Waals surface area contributed by atoms with Crippen LogP contribution in [0.25, 0.3) is 12.4 Å². The Morgan fingerprint density at radius 1 is 0.625 bits per heavy atom. The molecule has 2 heterocycles. The highest BCUT2D eigenvalue weighted by molar-refractivity contribution is 5.49. The quantitative estimate of drug-likeness (QED) is 0.722. The highest BCUT2D eigenvalue weighted by atomic mass is 15.0. The van der Waals surface area contributed by atoms with E-state index in [2.05, 4.69) is 73.5 Å². The lowest BCUT2D eigenvalue weighted by molar-refractivity contribution is 0.997. The van der Waals surface area contributed by atoms with Crippen molar-refractivity contribution < 1.29 is 0 Å². The molecule has 2 aromatic rings. The van der Waals surface area contributed by atoms with Crippen LogP contribution in [0, 0.1) is 27.7 Å². The van der Waals surface area contributed by atoms with Crippen molar-refractivity contribution in [3.05, 3.63) is 47.0 Å². The van der Waals surface area contributed by atoms with Gasteiger partial charge in [0.2, 0.25) is 0 Å². The van der Waals surface area contributed by atoms with Gasteiger partial charge in [0.05, 0.1) is 0 Å². The topological polar surface area (TPSA) is 9.86 Å². The molecule has 2 rings (SSSR count). The summed E-state index contributed by atoms with van der Waals surface area (Å²) in [6.45, 7) is 8.47. The van der Waals surface area contributed by atoms with E-state index in [-0.39, 0.29) is 0 Å². The first-order valence-electron chi connectivity index (χ1n) is 5.57. The van der Waals surface area contributed by atoms with Crippen molar-refractivity contribution in [2.75, 3.05) is 0 Å². The van der Waals surface area contributed by atoms with Crippen molar-refractivity contribution in [3.63, 3.8) is 0 Å². The molecule has 0 N–H and O–H groups in total. The number of nitrogens with zero attached hydrogens (tertiary/aromatic N) is 2. The standard InChI is InChI=1S/C14H18N2/c1-11-5-6-12(2)15(11)9-10-16-13(3)7-8-14(16)4/h5-10H,1-4H3/b10-9+. The van der Waals surface area contributed by atoms with Crippen LogP contribution in [0.1, 0.15) is 22.8 Å². The van der Waals surface area contributed by atoms with Crippen LogP contribution >= 0.6 is 0 Å². The Kier molecular flexibility index (Phi) is 2.73. The summed E-state index contributed by atoms with van der Waals surface area (Å²) in [6.07, 6.45) is 4.23. The number of hydrogen-bond donors (Lipinski definition) is 0. The molecule has 2 aromatic heterocycles. The molecule has 0 bridgehead atoms. The second-order valence-electron chi connectivity index (χ2n) is 4.27. The average molecular weight is 214 g/mol. The number of hydrogen-bond acceptors (Lipinski definition) is 0. The first kappa shape index (κ1) is 10.8. The fraction of sp³-hybridized carbons (Fsp3) is 0.286. The van der Waals surface area contributed by atoms with E-state index in [9.17, 15) is 0 Å². The van der Waals surface area contributed by atoms with E-state index in [1.165, 1.54) is 22.8 Å². The van der Waals surface area contributed by atoms with Crippen LogP contribution in [0.15, 0.2) is 24.3 Å². The Morgan fingerprint density at radius 2 is 0.875 bits per heavy atom. The van der Waals surface area contributed by atoms with E-state index in [0.717, 1.165) is 0 Å². The lowest BCUT2D eigenvalue weighted by atomic mass is 10.5. The van der Waals surface area contributed by atoms with Gasteiger partial charge in [0.15, 0.2) is 0 Å². The van der Waals surface area contributed by atoms with Gasteiger partial charge < -0.3 is 9.13 Å². The molecule has 0 fully saturated rings. The molecule has 0 unspecified atom stereocenters. The van der Waals surface area contributed by atoms with Crippen LogP contribution < -0.4 is 0 Å². The van der Waals surface area contributed by atoms with Crippen molar-refractivity contribution in [2.24, 2.45) is 0 Å². The number of rotatable bonds is 2. The molecule has 2 heteroatoms. The molecule has 16 heavy (non-hydrogen) atoms. The summed E-state index contributed by atoms with van der Waals surface area (Å²) in [6, 6.07) is 8.54. The van der Waals surface area contributed by atoms with Gasteiger partial charge in [-0.1, -0.05) is 0 Å². The smallest absolute Gasteiger partial charge is 0.0254 e. The minimum absolute atomic E-state index is 1.26. The van der Waals surface area contributed by atoms with Crippen molar-refractivity contribution in [3.8, 4) is 0 Å². The average Bonchev–Trinajstić information content (AvgIpc) is 2.72. The largest absolute Gasteiger partial charge is 0.324 e. The van der Waals surface area contributed by atoms with E-state index in [4.69, 9.17) is 0 Å². The minimum atomic E-state index is 1.26. The zero-order chi connectivity index (χ0) is 11.7. The molecular formula is C14H18N2. The molecule has 0 aliphatic heterocycles. The lowest BCUT2D eigenvalue weighted by Gasteiger charge is -2.05. The Morgan fingerprint density at radius 3 is 1.12 bits per heavy atom. The molecule has 0 spiro atoms. The highest BCUT2D eigenvalue weighted by Gasteiger charge is 1.98. The molecule has 2 nitrogen and oxygen atoms in total. The Balaban J connectivity index is 2.35. The molecule has 0 aliphatic carbocycles. The van der Waals surface area contributed by atoms with Gasteiger partial charge in [0.25, 0.3) is 0 Å². The van der Waals surface area contributed by atoms with Gasteiger partial charge in [-0.15, -0.1) is 0 Å². The maximum absolute atomic E-state index is 2.19. The Labute approximate surface area is 96.8 Å². The zero-order valence-corrected chi connectivity index (χ0v) is 10.4. The SMILES string of the molecule is Cc1ccc(C)n1/C=C/n1c(C)ccc1C. The van der Waals surface area contributed by atoms with E-state index in [0.29, 0.717) is 0 Å². The van der Waals surface area contributed by atoms with Gasteiger partial charge >= 0.3 is 0 Å². The summed E-state index contributed by atoms with van der Waals surface area (Å²) in [4.78, 5) is 0. The van der Waals surface area contributed by atoms with Crippen LogP contribution in [0.2, 0.25) is 0 Å². The molecule has 84 valence electrons. The highest BCUT2D eigenvalue weighted by Crippen LogP contribution is 2.11. The Hall–Kier alpha value is -1.70. The van der Waals surface area contributed by atoms with Gasteiger partial charge in [0, 0.05) is 35.2 Å². The summed E-state index contributed by atoms with van der Waals surface area (Å²) >= 11 is 0. The third kappa shape index (κ3) is 1.83. The fourth-order valence-corrected chi connectivity index (χ4v) is 1.96. The van der Waals surface area contributed by atoms with Crippen LogP contribution in [-0.2, 0) is 0 Å². The number of aromatic nitrogens is 2. The van der Waals surface area contributed by atoms with Gasteiger partial charge in [-0.2, -0.15) is 0 Å². The molecule has 0 aliphatic rings. The first-order valence-corrected chi connectivity index (χ1v) is 5.57. The van der Waals surface area contributed by atoms with Crippen LogP contribution in [-0.4, -0.2) is 9.13 Å². The molecule has 0 saturated heterocycles. The first-order chi connectivity index (χ1) is 7.59. The minimum Gasteiger partial charge on any atom is -0.324 e. The predicted octanol–water partition coefficient (Wildman–Crippen LogP) is 3.61. The number of aryl methyl sites for hydroxylation is 4. The summed E-state index contributed by atoms with van der Waals surface area (Å²) < 4.78 is 4.39. The van der Waals surface area contributed by atoms with E-state index in [1.807, 2.05) is 0 Å². The zero-order valence-electron chi connectivity index (χ0n) is 10.4. The summed E-state index contributed by atoms with van der Waals surface area (Å²) in [5, 5.41) is 0. The Bertz CT molecular complexity index is 440. The van der Waals surface area contributed by atoms with Crippen molar-refractivity contribution in [1.29, 1.82) is 0 Å². The third-order valence-electron chi connectivity index (χ3n) is 3.02. The van der Waals surface area contributed by atoms with Crippen LogP contribution in [0.4, 0.5) is 0 Å². The maximum atomic E-state index is 2.19. The molecule has 0 saturated carbocycles. The normalized spacial score (nSPS) is 11.5. The monoisotopic (exact) mass is 214 g/mol. The van der Waals surface area contributed by atoms with Gasteiger partial charge in [0.1, 0.15) is 0 Å². The van der Waals surface area contributed by atoms with E-state index in [1.54, 1.807) is 0 Å². The summed E-state index contributed by atoms with van der Waals surface area (Å²) in [7, 11) is 0. The maximum Gasteiger partial charge on any atom is 0.0254 e. The van der Waals surface area contributed by atoms with Crippen molar-refractivity contribution >= 4 is 12.4 Å². The van der Waals surface area contributed by atoms with Crippen molar-refractivity contribution in [2.45, 2.75) is 27.7 Å². The van der Waals surface area contributed by atoms with E-state index >= 15 is 0 Å². The fourth-order valence-electron chi connectivity index (χ4n) is 1.96. The molecular weight excluding hydrogens is 196 g/mol. The van der Waals surface area contributed by atoms with Crippen molar-refractivity contribution in [1.82, 2.24) is 9.13 Å². The predicted molar refractivity (Wildman–Crippen MR) is 69.3 cm³/mol. The van der Waals surface area contributed by atoms with Crippen LogP contribution in [0.5, 0.6) is 0 Å². The summed E-state index contributed by atoms with van der Waals surface area (Å²) in [5.74, 6) is 0. The molecule has 0 atom stereocenters. The lowest BCUT2D eigenvalue weighted by Crippen LogP contribution is -1.95. The molecule has 0 amide bonds. The molecule has 0 aromatic carbocycles. The van der Waals surface area contributed by atoms with Crippen LogP contribution in [0.3, 0.4) is 0 Å². The molecule has 0 radical (unpaired) electrons.